The molecule has 2 atom stereocenters. The van der Waals surface area contributed by atoms with Crippen LogP contribution in [0.25, 0.3) is 11.3 Å². The van der Waals surface area contributed by atoms with Crippen molar-refractivity contribution in [2.24, 2.45) is 5.92 Å². The van der Waals surface area contributed by atoms with Crippen LogP contribution in [0.2, 0.25) is 0 Å². The lowest BCUT2D eigenvalue weighted by Gasteiger charge is -2.24. The Kier molecular flexibility index (Phi) is 6.60. The number of hydrogen-bond acceptors (Lipinski definition) is 4. The van der Waals surface area contributed by atoms with Crippen molar-refractivity contribution in [1.29, 1.82) is 0 Å². The molecule has 1 fully saturated rings. The Morgan fingerprint density at radius 2 is 2.07 bits per heavy atom. The molecule has 2 heterocycles. The first-order chi connectivity index (χ1) is 13.0. The Hall–Kier alpha value is -1.79. The fourth-order valence-corrected chi connectivity index (χ4v) is 4.52. The van der Waals surface area contributed by atoms with Crippen molar-refractivity contribution in [3.05, 3.63) is 36.5 Å². The monoisotopic (exact) mass is 387 g/mol. The number of aromatic nitrogens is 2. The molecule has 0 saturated carbocycles. The Morgan fingerprint density at radius 1 is 1.33 bits per heavy atom. The van der Waals surface area contributed by atoms with E-state index in [1.807, 2.05) is 38.5 Å². The molecule has 0 spiro atoms. The molecule has 1 aliphatic heterocycles. The number of carbonyl (C=O) groups excluding carboxylic acids is 1. The minimum atomic E-state index is -0.158. The van der Waals surface area contributed by atoms with Crippen LogP contribution in [0.4, 0.5) is 0 Å². The van der Waals surface area contributed by atoms with Crippen LogP contribution in [0.3, 0.4) is 0 Å². The highest BCUT2D eigenvalue weighted by atomic mass is 32.2. The maximum atomic E-state index is 12.7. The van der Waals surface area contributed by atoms with E-state index in [-0.39, 0.29) is 23.2 Å². The second kappa shape index (κ2) is 8.93. The predicted octanol–water partition coefficient (Wildman–Crippen LogP) is 3.93. The van der Waals surface area contributed by atoms with Gasteiger partial charge in [0.25, 0.3) is 0 Å². The van der Waals surface area contributed by atoms with E-state index in [4.69, 9.17) is 9.72 Å². The van der Waals surface area contributed by atoms with Gasteiger partial charge in [-0.25, -0.2) is 4.98 Å². The van der Waals surface area contributed by atoms with Crippen molar-refractivity contribution in [2.75, 3.05) is 20.7 Å². The molecule has 2 aromatic rings. The summed E-state index contributed by atoms with van der Waals surface area (Å²) < 4.78 is 8.11. The van der Waals surface area contributed by atoms with E-state index in [9.17, 15) is 4.79 Å². The van der Waals surface area contributed by atoms with Gasteiger partial charge in [-0.2, -0.15) is 0 Å². The average Bonchev–Trinajstić information content (AvgIpc) is 3.30. The summed E-state index contributed by atoms with van der Waals surface area (Å²) in [5.74, 6) is 0.348. The second-order valence-corrected chi connectivity index (χ2v) is 8.66. The van der Waals surface area contributed by atoms with E-state index in [1.54, 1.807) is 16.7 Å². The van der Waals surface area contributed by atoms with Gasteiger partial charge in [-0.15, -0.1) is 0 Å². The van der Waals surface area contributed by atoms with E-state index in [0.29, 0.717) is 0 Å². The van der Waals surface area contributed by atoms with Crippen molar-refractivity contribution in [3.8, 4) is 11.3 Å². The average molecular weight is 388 g/mol. The standard InChI is InChI=1S/C21H29N3O2S/c1-15(2)19(20(25)23(3)4)27-21-22-13-18(16-9-6-5-7-10-16)24(21)14-17-11-8-12-26-17/h5-7,9-10,13,15,17,19H,8,11-12,14H2,1-4H3/t17-,19-/m0/s1. The normalized spacial score (nSPS) is 18.0. The Labute approximate surface area is 166 Å². The van der Waals surface area contributed by atoms with Gasteiger partial charge >= 0.3 is 0 Å². The molecule has 0 radical (unpaired) electrons. The molecule has 5 nitrogen and oxygen atoms in total. The molecule has 1 amide bonds. The van der Waals surface area contributed by atoms with Crippen molar-refractivity contribution in [2.45, 2.75) is 49.7 Å². The Balaban J connectivity index is 1.93. The maximum absolute atomic E-state index is 12.7. The number of benzene rings is 1. The van der Waals surface area contributed by atoms with Crippen LogP contribution in [-0.2, 0) is 16.1 Å². The van der Waals surface area contributed by atoms with E-state index in [2.05, 4.69) is 30.5 Å². The lowest BCUT2D eigenvalue weighted by atomic mass is 10.1. The number of carbonyl (C=O) groups is 1. The summed E-state index contributed by atoms with van der Waals surface area (Å²) in [5.41, 5.74) is 2.21. The molecular weight excluding hydrogens is 358 g/mol. The van der Waals surface area contributed by atoms with E-state index in [0.717, 1.165) is 42.4 Å². The topological polar surface area (TPSA) is 47.4 Å². The van der Waals surface area contributed by atoms with Crippen molar-refractivity contribution >= 4 is 17.7 Å². The number of amides is 1. The molecule has 1 aromatic carbocycles. The highest BCUT2D eigenvalue weighted by Crippen LogP contribution is 2.33. The van der Waals surface area contributed by atoms with Gasteiger partial charge in [0.15, 0.2) is 5.16 Å². The van der Waals surface area contributed by atoms with Crippen LogP contribution in [-0.4, -0.2) is 52.4 Å². The minimum Gasteiger partial charge on any atom is -0.376 e. The van der Waals surface area contributed by atoms with Gasteiger partial charge in [0.05, 0.1) is 29.8 Å². The zero-order valence-corrected chi connectivity index (χ0v) is 17.4. The first kappa shape index (κ1) is 20.0. The number of imidazole rings is 1. The Bertz CT molecular complexity index is 752. The number of rotatable bonds is 7. The number of ether oxygens (including phenoxy) is 1. The molecule has 0 bridgehead atoms. The number of thioether (sulfide) groups is 1. The summed E-state index contributed by atoms with van der Waals surface area (Å²) in [5, 5.41) is 0.729. The van der Waals surface area contributed by atoms with Gasteiger partial charge in [-0.3, -0.25) is 4.79 Å². The highest BCUT2D eigenvalue weighted by molar-refractivity contribution is 8.00. The van der Waals surface area contributed by atoms with E-state index in [1.165, 1.54) is 0 Å². The predicted molar refractivity (Wildman–Crippen MR) is 110 cm³/mol. The van der Waals surface area contributed by atoms with Crippen LogP contribution in [0, 0.1) is 5.92 Å². The van der Waals surface area contributed by atoms with E-state index < -0.39 is 0 Å². The van der Waals surface area contributed by atoms with Crippen LogP contribution >= 0.6 is 11.8 Å². The third-order valence-corrected chi connectivity index (χ3v) is 6.36. The molecule has 1 aromatic heterocycles. The lowest BCUT2D eigenvalue weighted by molar-refractivity contribution is -0.128. The Morgan fingerprint density at radius 3 is 2.67 bits per heavy atom. The van der Waals surface area contributed by atoms with Crippen LogP contribution in [0.1, 0.15) is 26.7 Å². The van der Waals surface area contributed by atoms with Crippen LogP contribution in [0.5, 0.6) is 0 Å². The number of nitrogens with zero attached hydrogens (tertiary/aromatic N) is 3. The minimum absolute atomic E-state index is 0.128. The molecule has 146 valence electrons. The third kappa shape index (κ3) is 4.74. The van der Waals surface area contributed by atoms with Gasteiger partial charge in [-0.05, 0) is 24.3 Å². The van der Waals surface area contributed by atoms with Crippen molar-refractivity contribution in [3.63, 3.8) is 0 Å². The summed E-state index contributed by atoms with van der Waals surface area (Å²) in [6.07, 6.45) is 4.31. The fraction of sp³-hybridized carbons (Fsp3) is 0.524. The largest absolute Gasteiger partial charge is 0.376 e. The summed E-state index contributed by atoms with van der Waals surface area (Å²) in [6.45, 7) is 5.78. The molecule has 0 aliphatic carbocycles. The van der Waals surface area contributed by atoms with Gasteiger partial charge < -0.3 is 14.2 Å². The molecule has 6 heteroatoms. The lowest BCUT2D eigenvalue weighted by Crippen LogP contribution is -2.35. The maximum Gasteiger partial charge on any atom is 0.235 e. The third-order valence-electron chi connectivity index (χ3n) is 4.82. The number of hydrogen-bond donors (Lipinski definition) is 0. The highest BCUT2D eigenvalue weighted by Gasteiger charge is 2.28. The van der Waals surface area contributed by atoms with Crippen LogP contribution < -0.4 is 0 Å². The van der Waals surface area contributed by atoms with Gasteiger partial charge in [0.2, 0.25) is 5.91 Å². The fourth-order valence-electron chi connectivity index (χ4n) is 3.30. The van der Waals surface area contributed by atoms with Crippen molar-refractivity contribution in [1.82, 2.24) is 14.5 Å². The molecule has 27 heavy (non-hydrogen) atoms. The molecule has 0 N–H and O–H groups in total. The zero-order chi connectivity index (χ0) is 19.4. The molecule has 1 aliphatic rings. The summed E-state index contributed by atoms with van der Waals surface area (Å²) >= 11 is 1.56. The molecule has 0 unspecified atom stereocenters. The quantitative estimate of drug-likeness (QED) is 0.675. The van der Waals surface area contributed by atoms with E-state index >= 15 is 0 Å². The van der Waals surface area contributed by atoms with Gasteiger partial charge in [0, 0.05) is 20.7 Å². The molecular formula is C21H29N3O2S. The van der Waals surface area contributed by atoms with Crippen LogP contribution in [0.15, 0.2) is 41.7 Å². The first-order valence-electron chi connectivity index (χ1n) is 9.57. The zero-order valence-electron chi connectivity index (χ0n) is 16.6. The smallest absolute Gasteiger partial charge is 0.235 e. The summed E-state index contributed by atoms with van der Waals surface area (Å²) in [7, 11) is 3.62. The SMILES string of the molecule is CC(C)[C@H](Sc1ncc(-c2ccccc2)n1C[C@@H]1CCCO1)C(=O)N(C)C. The molecule has 1 saturated heterocycles. The van der Waals surface area contributed by atoms with Crippen molar-refractivity contribution < 1.29 is 9.53 Å². The summed E-state index contributed by atoms with van der Waals surface area (Å²) in [4.78, 5) is 19.0. The molecule has 3 rings (SSSR count). The first-order valence-corrected chi connectivity index (χ1v) is 10.5. The summed E-state index contributed by atoms with van der Waals surface area (Å²) in [6, 6.07) is 10.3. The van der Waals surface area contributed by atoms with Gasteiger partial charge in [-0.1, -0.05) is 55.9 Å². The second-order valence-electron chi connectivity index (χ2n) is 7.55. The van der Waals surface area contributed by atoms with Gasteiger partial charge in [0.1, 0.15) is 0 Å².